The Balaban J connectivity index is 0.00000304. The molecule has 3 heterocycles. The Kier molecular flexibility index (Phi) is 7.70. The maximum atomic E-state index is 13.9. The van der Waals surface area contributed by atoms with Crippen LogP contribution in [0.2, 0.25) is 0 Å². The molecule has 0 radical (unpaired) electrons. The van der Waals surface area contributed by atoms with E-state index >= 15 is 0 Å². The number of benzene rings is 2. The van der Waals surface area contributed by atoms with Gasteiger partial charge in [-0.15, -0.1) is 12.4 Å². The summed E-state index contributed by atoms with van der Waals surface area (Å²) in [5.41, 5.74) is 4.22. The molecule has 1 atom stereocenters. The van der Waals surface area contributed by atoms with E-state index in [9.17, 15) is 13.7 Å². The first-order chi connectivity index (χ1) is 17.0. The second kappa shape index (κ2) is 10.9. The van der Waals surface area contributed by atoms with E-state index in [0.29, 0.717) is 25.1 Å². The quantitative estimate of drug-likeness (QED) is 0.396. The second-order valence-corrected chi connectivity index (χ2v) is 10.4. The first-order valence-electron chi connectivity index (χ1n) is 11.3. The van der Waals surface area contributed by atoms with Crippen molar-refractivity contribution in [2.75, 3.05) is 11.4 Å². The summed E-state index contributed by atoms with van der Waals surface area (Å²) in [5.74, 6) is 0. The van der Waals surface area contributed by atoms with E-state index in [4.69, 9.17) is 0 Å². The van der Waals surface area contributed by atoms with Gasteiger partial charge in [0.2, 0.25) is 10.0 Å². The molecular weight excluding hydrogens is 496 g/mol. The zero-order valence-corrected chi connectivity index (χ0v) is 21.0. The summed E-state index contributed by atoms with van der Waals surface area (Å²) in [6, 6.07) is 19.6. The molecule has 2 aromatic carbocycles. The Morgan fingerprint density at radius 3 is 2.61 bits per heavy atom. The SMILES string of the molecule is Cl.N#Cc1ccc2c(c1)CC(N(Cc1cccnc1)S(=O)(=O)c1ccccc1)CN2Cc1cnc[nH]1. The maximum Gasteiger partial charge on any atom is 0.243 e. The molecule has 0 saturated heterocycles. The number of halogens is 1. The Morgan fingerprint density at radius 2 is 1.92 bits per heavy atom. The van der Waals surface area contributed by atoms with Crippen LogP contribution in [0.3, 0.4) is 0 Å². The number of nitrogens with one attached hydrogen (secondary N) is 1. The van der Waals surface area contributed by atoms with E-state index in [1.165, 1.54) is 0 Å². The van der Waals surface area contributed by atoms with Gasteiger partial charge >= 0.3 is 0 Å². The molecule has 1 N–H and O–H groups in total. The number of nitrogens with zero attached hydrogens (tertiary/aromatic N) is 5. The summed E-state index contributed by atoms with van der Waals surface area (Å²) in [6.07, 6.45) is 7.26. The number of hydrogen-bond donors (Lipinski definition) is 1. The third kappa shape index (κ3) is 5.26. The van der Waals surface area contributed by atoms with Crippen LogP contribution in [0, 0.1) is 11.3 Å². The molecule has 2 aromatic heterocycles. The van der Waals surface area contributed by atoms with Crippen molar-refractivity contribution >= 4 is 28.1 Å². The van der Waals surface area contributed by atoms with Gasteiger partial charge in [-0.05, 0) is 53.9 Å². The number of aromatic nitrogens is 3. The highest BCUT2D eigenvalue weighted by atomic mass is 35.5. The van der Waals surface area contributed by atoms with Crippen LogP contribution in [0.5, 0.6) is 0 Å². The predicted octanol–water partition coefficient (Wildman–Crippen LogP) is 3.92. The van der Waals surface area contributed by atoms with E-state index in [2.05, 4.69) is 25.9 Å². The molecule has 0 saturated carbocycles. The van der Waals surface area contributed by atoms with E-state index in [-0.39, 0.29) is 29.9 Å². The van der Waals surface area contributed by atoms with E-state index in [1.54, 1.807) is 65.6 Å². The summed E-state index contributed by atoms with van der Waals surface area (Å²) in [5, 5.41) is 9.47. The maximum absolute atomic E-state index is 13.9. The number of imidazole rings is 1. The molecule has 4 aromatic rings. The highest BCUT2D eigenvalue weighted by Gasteiger charge is 2.36. The van der Waals surface area contributed by atoms with Crippen LogP contribution < -0.4 is 4.90 Å². The van der Waals surface area contributed by atoms with Gasteiger partial charge in [0.25, 0.3) is 0 Å². The first kappa shape index (κ1) is 25.4. The molecule has 1 aliphatic heterocycles. The van der Waals surface area contributed by atoms with Crippen molar-refractivity contribution in [2.24, 2.45) is 0 Å². The Bertz CT molecular complexity index is 1440. The normalized spacial score (nSPS) is 15.1. The minimum absolute atomic E-state index is 0. The highest BCUT2D eigenvalue weighted by Crippen LogP contribution is 2.33. The smallest absolute Gasteiger partial charge is 0.243 e. The lowest BCUT2D eigenvalue weighted by Crippen LogP contribution is -2.50. The summed E-state index contributed by atoms with van der Waals surface area (Å²) in [7, 11) is -3.81. The Morgan fingerprint density at radius 1 is 1.08 bits per heavy atom. The molecule has 0 spiro atoms. The van der Waals surface area contributed by atoms with Crippen molar-refractivity contribution in [1.29, 1.82) is 5.26 Å². The molecule has 0 fully saturated rings. The molecule has 1 aliphatic rings. The molecule has 8 nitrogen and oxygen atoms in total. The number of rotatable bonds is 7. The standard InChI is InChI=1S/C26H24N6O2S.ClH/c27-13-20-8-9-26-22(11-20)12-24(18-31(26)17-23-15-29-19-30-23)32(16-21-5-4-10-28-14-21)35(33,34)25-6-2-1-3-7-25;/h1-11,14-15,19,24H,12,16-18H2,(H,29,30);1H. The van der Waals surface area contributed by atoms with Crippen LogP contribution in [0.15, 0.2) is 90.5 Å². The summed E-state index contributed by atoms with van der Waals surface area (Å²) >= 11 is 0. The molecule has 0 bridgehead atoms. The lowest BCUT2D eigenvalue weighted by molar-refractivity contribution is 0.302. The molecule has 10 heteroatoms. The number of anilines is 1. The molecular formula is C26H25ClN6O2S. The van der Waals surface area contributed by atoms with Crippen molar-refractivity contribution in [3.63, 3.8) is 0 Å². The van der Waals surface area contributed by atoms with Gasteiger partial charge in [0.05, 0.1) is 35.1 Å². The van der Waals surface area contributed by atoms with E-state index < -0.39 is 10.0 Å². The number of aromatic amines is 1. The largest absolute Gasteiger partial charge is 0.364 e. The minimum Gasteiger partial charge on any atom is -0.364 e. The molecule has 0 amide bonds. The monoisotopic (exact) mass is 520 g/mol. The Labute approximate surface area is 216 Å². The molecule has 184 valence electrons. The van der Waals surface area contributed by atoms with Crippen LogP contribution in [0.4, 0.5) is 5.69 Å². The number of pyridine rings is 1. The van der Waals surface area contributed by atoms with Crippen molar-refractivity contribution in [3.05, 3.63) is 108 Å². The minimum atomic E-state index is -3.81. The molecule has 36 heavy (non-hydrogen) atoms. The van der Waals surface area contributed by atoms with Gasteiger partial charge in [0.1, 0.15) is 0 Å². The van der Waals surface area contributed by atoms with Crippen LogP contribution in [0.1, 0.15) is 22.4 Å². The topological polar surface area (TPSA) is 106 Å². The molecule has 5 rings (SSSR count). The van der Waals surface area contributed by atoms with Gasteiger partial charge in [-0.25, -0.2) is 13.4 Å². The first-order valence-corrected chi connectivity index (χ1v) is 12.7. The second-order valence-electron chi connectivity index (χ2n) is 8.50. The lowest BCUT2D eigenvalue weighted by Gasteiger charge is -2.40. The lowest BCUT2D eigenvalue weighted by atomic mass is 9.95. The van der Waals surface area contributed by atoms with Gasteiger partial charge in [-0.3, -0.25) is 4.98 Å². The molecule has 0 aliphatic carbocycles. The molecule has 1 unspecified atom stereocenters. The number of fused-ring (bicyclic) bond motifs is 1. The van der Waals surface area contributed by atoms with Crippen molar-refractivity contribution < 1.29 is 8.42 Å². The van der Waals surface area contributed by atoms with Crippen molar-refractivity contribution in [2.45, 2.75) is 30.4 Å². The van der Waals surface area contributed by atoms with Gasteiger partial charge in [-0.1, -0.05) is 24.3 Å². The van der Waals surface area contributed by atoms with Crippen LogP contribution in [0.25, 0.3) is 0 Å². The number of nitriles is 1. The zero-order valence-electron chi connectivity index (χ0n) is 19.4. The van der Waals surface area contributed by atoms with E-state index in [0.717, 1.165) is 22.5 Å². The number of H-pyrrole nitrogens is 1. The fourth-order valence-corrected chi connectivity index (χ4v) is 6.15. The summed E-state index contributed by atoms with van der Waals surface area (Å²) < 4.78 is 29.4. The third-order valence-electron chi connectivity index (χ3n) is 6.17. The van der Waals surface area contributed by atoms with Gasteiger partial charge in [0.15, 0.2) is 0 Å². The summed E-state index contributed by atoms with van der Waals surface area (Å²) in [4.78, 5) is 13.8. The average molecular weight is 521 g/mol. The fraction of sp³-hybridized carbons (Fsp3) is 0.192. The zero-order chi connectivity index (χ0) is 24.3. The van der Waals surface area contributed by atoms with Crippen LogP contribution in [-0.2, 0) is 29.5 Å². The van der Waals surface area contributed by atoms with Gasteiger partial charge in [-0.2, -0.15) is 9.57 Å². The predicted molar refractivity (Wildman–Crippen MR) is 139 cm³/mol. The number of hydrogen-bond acceptors (Lipinski definition) is 6. The van der Waals surface area contributed by atoms with Crippen molar-refractivity contribution in [3.8, 4) is 6.07 Å². The van der Waals surface area contributed by atoms with Crippen LogP contribution in [-0.4, -0.2) is 40.3 Å². The summed E-state index contributed by atoms with van der Waals surface area (Å²) in [6.45, 7) is 1.23. The van der Waals surface area contributed by atoms with Gasteiger partial charge in [0, 0.05) is 43.4 Å². The fourth-order valence-electron chi connectivity index (χ4n) is 4.53. The highest BCUT2D eigenvalue weighted by molar-refractivity contribution is 7.89. The van der Waals surface area contributed by atoms with Crippen molar-refractivity contribution in [1.82, 2.24) is 19.3 Å². The van der Waals surface area contributed by atoms with E-state index in [1.807, 2.05) is 24.3 Å². The Hall–Kier alpha value is -3.71. The van der Waals surface area contributed by atoms with Crippen LogP contribution >= 0.6 is 12.4 Å². The van der Waals surface area contributed by atoms with Gasteiger partial charge < -0.3 is 9.88 Å². The third-order valence-corrected chi connectivity index (χ3v) is 8.08. The average Bonchev–Trinajstić information content (AvgIpc) is 3.41. The number of sulfonamides is 1.